The largest absolute Gasteiger partial charge is 0.612 e. The summed E-state index contributed by atoms with van der Waals surface area (Å²) in [5, 5.41) is 12.8. The van der Waals surface area contributed by atoms with Crippen LogP contribution in [0.4, 0.5) is 4.79 Å². The molecule has 5 rings (SSSR count). The Labute approximate surface area is 199 Å². The van der Waals surface area contributed by atoms with Crippen LogP contribution in [-0.2, 0) is 24.1 Å². The molecule has 9 heteroatoms. The predicted molar refractivity (Wildman–Crippen MR) is 130 cm³/mol. The minimum Gasteiger partial charge on any atom is -0.612 e. The Kier molecular flexibility index (Phi) is 5.95. The number of benzene rings is 2. The van der Waals surface area contributed by atoms with Gasteiger partial charge < -0.3 is 14.3 Å². The van der Waals surface area contributed by atoms with Crippen molar-refractivity contribution in [1.82, 2.24) is 24.9 Å². The number of carbonyl (C=O) groups excluding carboxylic acids is 1. The summed E-state index contributed by atoms with van der Waals surface area (Å²) < 4.78 is 20.3. The van der Waals surface area contributed by atoms with Crippen LogP contribution in [0.3, 0.4) is 0 Å². The van der Waals surface area contributed by atoms with Crippen LogP contribution in [0, 0.1) is 0 Å². The maximum atomic E-state index is 13.0. The summed E-state index contributed by atoms with van der Waals surface area (Å²) in [6.45, 7) is 2.29. The molecule has 1 atom stereocenters. The van der Waals surface area contributed by atoms with Crippen LogP contribution >= 0.6 is 0 Å². The Balaban J connectivity index is 1.51. The smallest absolute Gasteiger partial charge is 0.343 e. The summed E-state index contributed by atoms with van der Waals surface area (Å²) in [6, 6.07) is 18.6. The highest BCUT2D eigenvalue weighted by Crippen LogP contribution is 2.28. The van der Waals surface area contributed by atoms with Crippen molar-refractivity contribution >= 4 is 28.1 Å². The van der Waals surface area contributed by atoms with E-state index in [0.717, 1.165) is 38.4 Å². The molecular weight excluding hydrogens is 450 g/mol. The molecule has 3 heterocycles. The van der Waals surface area contributed by atoms with Crippen molar-refractivity contribution in [3.63, 3.8) is 0 Å². The van der Waals surface area contributed by atoms with Crippen molar-refractivity contribution in [3.05, 3.63) is 84.6 Å². The third-order valence-corrected chi connectivity index (χ3v) is 6.57. The average molecular weight is 474 g/mol. The van der Waals surface area contributed by atoms with E-state index in [9.17, 15) is 9.35 Å². The lowest BCUT2D eigenvalue weighted by Gasteiger charge is -2.10. The lowest BCUT2D eigenvalue weighted by atomic mass is 10.1. The van der Waals surface area contributed by atoms with Gasteiger partial charge in [-0.3, -0.25) is 0 Å². The van der Waals surface area contributed by atoms with Gasteiger partial charge in [0.25, 0.3) is 0 Å². The number of fused-ring (bicyclic) bond motifs is 1. The Morgan fingerprint density at radius 2 is 1.97 bits per heavy atom. The standard InChI is InChI=1S/C25H23N5O3S/c1-3-22-21-11-6-17(15-24(21)30(28-22)25(31)26-16-19-5-4-14-33-19)23-12-13-27-29(23)18-7-9-20(10-8-18)34(2)32/h4-15H,3,16H2,1-2H3,(H,26,31). The number of nitrogens with zero attached hydrogens (tertiary/aromatic N) is 4. The number of rotatable bonds is 6. The Morgan fingerprint density at radius 3 is 2.68 bits per heavy atom. The molecule has 1 N–H and O–H groups in total. The number of nitrogens with one attached hydrogen (secondary N) is 1. The van der Waals surface area contributed by atoms with Crippen LogP contribution in [0.1, 0.15) is 18.4 Å². The molecule has 34 heavy (non-hydrogen) atoms. The molecule has 0 saturated carbocycles. The molecule has 0 saturated heterocycles. The first kappa shape index (κ1) is 22.0. The topological polar surface area (TPSA) is 101 Å². The minimum absolute atomic E-state index is 0.277. The SMILES string of the molecule is CCc1nn(C(=O)NCc2ccco2)c2cc(-c3ccnn3-c3ccc([S+](C)[O-])cc3)ccc12. The lowest BCUT2D eigenvalue weighted by molar-refractivity contribution is 0.239. The van der Waals surface area contributed by atoms with Crippen molar-refractivity contribution in [2.75, 3.05) is 6.26 Å². The summed E-state index contributed by atoms with van der Waals surface area (Å²) in [6.07, 6.45) is 5.67. The van der Waals surface area contributed by atoms with Gasteiger partial charge in [0.2, 0.25) is 0 Å². The summed E-state index contributed by atoms with van der Waals surface area (Å²) in [5.41, 5.74) is 4.19. The molecule has 0 aliphatic heterocycles. The zero-order valence-electron chi connectivity index (χ0n) is 18.8. The van der Waals surface area contributed by atoms with Gasteiger partial charge in [0, 0.05) is 10.9 Å². The maximum absolute atomic E-state index is 13.0. The normalized spacial score (nSPS) is 12.2. The number of furan rings is 1. The molecular formula is C25H23N5O3S. The van der Waals surface area contributed by atoms with Crippen molar-refractivity contribution in [2.45, 2.75) is 24.8 Å². The third-order valence-electron chi connectivity index (χ3n) is 5.63. The quantitative estimate of drug-likeness (QED) is 0.365. The lowest BCUT2D eigenvalue weighted by Crippen LogP contribution is -2.28. The van der Waals surface area contributed by atoms with Gasteiger partial charge in [0.15, 0.2) is 4.90 Å². The molecule has 1 amide bonds. The molecule has 0 fully saturated rings. The first-order valence-electron chi connectivity index (χ1n) is 10.9. The fourth-order valence-electron chi connectivity index (χ4n) is 3.91. The highest BCUT2D eigenvalue weighted by molar-refractivity contribution is 7.90. The zero-order valence-corrected chi connectivity index (χ0v) is 19.6. The fourth-order valence-corrected chi connectivity index (χ4v) is 4.43. The number of hydrogen-bond acceptors (Lipinski definition) is 5. The average Bonchev–Trinajstić information content (AvgIpc) is 3.62. The van der Waals surface area contributed by atoms with Gasteiger partial charge in [-0.2, -0.15) is 14.9 Å². The number of aromatic nitrogens is 4. The van der Waals surface area contributed by atoms with E-state index in [0.29, 0.717) is 12.2 Å². The van der Waals surface area contributed by atoms with Crippen LogP contribution in [0.15, 0.2) is 82.4 Å². The number of aryl methyl sites for hydroxylation is 1. The minimum atomic E-state index is -1.04. The van der Waals surface area contributed by atoms with E-state index in [4.69, 9.17) is 4.42 Å². The summed E-state index contributed by atoms with van der Waals surface area (Å²) in [7, 11) is 0. The summed E-state index contributed by atoms with van der Waals surface area (Å²) >= 11 is -1.04. The van der Waals surface area contributed by atoms with E-state index in [1.807, 2.05) is 66.2 Å². The van der Waals surface area contributed by atoms with Gasteiger partial charge in [-0.15, -0.1) is 0 Å². The number of hydrogen-bond donors (Lipinski definition) is 1. The van der Waals surface area contributed by atoms with Gasteiger partial charge in [-0.1, -0.05) is 19.1 Å². The van der Waals surface area contributed by atoms with Crippen LogP contribution in [-0.4, -0.2) is 36.4 Å². The van der Waals surface area contributed by atoms with E-state index in [1.165, 1.54) is 4.68 Å². The van der Waals surface area contributed by atoms with E-state index < -0.39 is 11.2 Å². The van der Waals surface area contributed by atoms with E-state index in [-0.39, 0.29) is 12.6 Å². The van der Waals surface area contributed by atoms with Crippen molar-refractivity contribution in [3.8, 4) is 16.9 Å². The molecule has 2 aromatic carbocycles. The highest BCUT2D eigenvalue weighted by Gasteiger charge is 2.17. The molecule has 0 bridgehead atoms. The molecule has 3 aromatic heterocycles. The number of carbonyl (C=O) groups is 1. The molecule has 5 aromatic rings. The first-order valence-corrected chi connectivity index (χ1v) is 12.4. The molecule has 8 nitrogen and oxygen atoms in total. The van der Waals surface area contributed by atoms with Crippen molar-refractivity contribution < 1.29 is 13.8 Å². The second-order valence-corrected chi connectivity index (χ2v) is 9.14. The van der Waals surface area contributed by atoms with Crippen LogP contribution in [0.2, 0.25) is 0 Å². The van der Waals surface area contributed by atoms with E-state index in [1.54, 1.807) is 24.8 Å². The van der Waals surface area contributed by atoms with Crippen LogP contribution in [0.25, 0.3) is 27.8 Å². The van der Waals surface area contributed by atoms with Crippen LogP contribution < -0.4 is 5.32 Å². The van der Waals surface area contributed by atoms with E-state index in [2.05, 4.69) is 15.5 Å². The van der Waals surface area contributed by atoms with Gasteiger partial charge in [-0.25, -0.2) is 9.48 Å². The molecule has 1 unspecified atom stereocenters. The van der Waals surface area contributed by atoms with Crippen LogP contribution in [0.5, 0.6) is 0 Å². The molecule has 0 aliphatic carbocycles. The Morgan fingerprint density at radius 1 is 1.15 bits per heavy atom. The van der Waals surface area contributed by atoms with Gasteiger partial charge >= 0.3 is 6.03 Å². The van der Waals surface area contributed by atoms with E-state index >= 15 is 0 Å². The van der Waals surface area contributed by atoms with Gasteiger partial charge in [0.1, 0.15) is 12.0 Å². The maximum Gasteiger partial charge on any atom is 0.343 e. The Bertz CT molecular complexity index is 1440. The second kappa shape index (κ2) is 9.20. The Hall–Kier alpha value is -3.82. The molecule has 0 aliphatic rings. The zero-order chi connectivity index (χ0) is 23.7. The molecule has 0 radical (unpaired) electrons. The first-order chi connectivity index (χ1) is 16.5. The summed E-state index contributed by atoms with van der Waals surface area (Å²) in [5.74, 6) is 0.669. The second-order valence-electron chi connectivity index (χ2n) is 7.76. The van der Waals surface area contributed by atoms with Crippen molar-refractivity contribution in [1.29, 1.82) is 0 Å². The van der Waals surface area contributed by atoms with Gasteiger partial charge in [0.05, 0.1) is 41.6 Å². The monoisotopic (exact) mass is 473 g/mol. The fraction of sp³-hybridized carbons (Fsp3) is 0.160. The van der Waals surface area contributed by atoms with Crippen molar-refractivity contribution in [2.24, 2.45) is 0 Å². The third kappa shape index (κ3) is 4.11. The van der Waals surface area contributed by atoms with Gasteiger partial charge in [-0.05, 0) is 66.1 Å². The molecule has 0 spiro atoms. The number of amides is 1. The predicted octanol–water partition coefficient (Wildman–Crippen LogP) is 4.54. The molecule has 172 valence electrons. The highest BCUT2D eigenvalue weighted by atomic mass is 32.2. The summed E-state index contributed by atoms with van der Waals surface area (Å²) in [4.78, 5) is 13.7.